The van der Waals surface area contributed by atoms with Crippen molar-refractivity contribution in [1.29, 1.82) is 0 Å². The summed E-state index contributed by atoms with van der Waals surface area (Å²) in [5.74, 6) is 0. The highest BCUT2D eigenvalue weighted by molar-refractivity contribution is 6.53. The van der Waals surface area contributed by atoms with E-state index >= 15 is 0 Å². The fraction of sp³-hybridized carbons (Fsp3) is 1.00. The van der Waals surface area contributed by atoms with Crippen LogP contribution < -0.4 is 0 Å². The molecule has 8 nitrogen and oxygen atoms in total. The van der Waals surface area contributed by atoms with Gasteiger partial charge >= 0.3 is 18.1 Å². The Morgan fingerprint density at radius 3 is 0.444 bits per heavy atom. The van der Waals surface area contributed by atoms with Gasteiger partial charge in [-0.15, -0.1) is 0 Å². The van der Waals surface area contributed by atoms with Gasteiger partial charge in [0.2, 0.25) is 0 Å². The van der Waals surface area contributed by atoms with E-state index in [9.17, 15) is 0 Å². The first kappa shape index (κ1) is 20.4. The summed E-state index contributed by atoms with van der Waals surface area (Å²) in [6, 6.07) is 0. The molecule has 0 atom stereocenters. The Balaban J connectivity index is 0. The van der Waals surface area contributed by atoms with Crippen molar-refractivity contribution in [3.63, 3.8) is 0 Å². The summed E-state index contributed by atoms with van der Waals surface area (Å²) in [4.78, 5) is 0. The smallest absolute Gasteiger partial charge is 0.355 e. The molecule has 0 amide bonds. The van der Waals surface area contributed by atoms with Gasteiger partial charge in [0.15, 0.2) is 0 Å². The van der Waals surface area contributed by atoms with Gasteiger partial charge in [-0.2, -0.15) is 0 Å². The number of hydrogen-bond acceptors (Lipinski definition) is 8. The second-order valence-corrected chi connectivity index (χ2v) is 7.90. The van der Waals surface area contributed by atoms with E-state index in [4.69, 9.17) is 35.4 Å². The first-order valence-corrected chi connectivity index (χ1v) is 8.16. The fourth-order valence-corrected chi connectivity index (χ4v) is 3.00. The van der Waals surface area contributed by atoms with Gasteiger partial charge in [0, 0.05) is 56.9 Å². The molecule has 18 heavy (non-hydrogen) atoms. The topological polar surface area (TPSA) is 73.8 Å². The van der Waals surface area contributed by atoms with E-state index in [2.05, 4.69) is 0 Å². The van der Waals surface area contributed by atoms with Crippen LogP contribution in [-0.2, 0) is 35.4 Å². The zero-order chi connectivity index (χ0) is 14.7. The molecule has 0 heterocycles. The molecule has 0 aromatic heterocycles. The summed E-state index contributed by atoms with van der Waals surface area (Å²) in [7, 11) is 6.53. The molecule has 0 spiro atoms. The van der Waals surface area contributed by atoms with Gasteiger partial charge < -0.3 is 35.4 Å². The van der Waals surface area contributed by atoms with Crippen LogP contribution in [-0.4, -0.2) is 75.0 Å². The highest BCUT2D eigenvalue weighted by Gasteiger charge is 2.41. The molecule has 112 valence electrons. The zero-order valence-electron chi connectivity index (χ0n) is 12.3. The Morgan fingerprint density at radius 2 is 0.444 bits per heavy atom. The SMILES string of the molecule is CO[Si](OC)(OC)OC.CO[Si](OC)(OC)OC. The Bertz CT molecular complexity index is 131. The molecule has 0 aromatic rings. The molecule has 0 radical (unpaired) electrons. The van der Waals surface area contributed by atoms with Gasteiger partial charge in [0.1, 0.15) is 0 Å². The number of hydrogen-bond donors (Lipinski definition) is 0. The predicted octanol–water partition coefficient (Wildman–Crippen LogP) is 0.0152. The lowest BCUT2D eigenvalue weighted by Crippen LogP contribution is -2.45. The second-order valence-electron chi connectivity index (χ2n) is 2.63. The van der Waals surface area contributed by atoms with E-state index in [0.717, 1.165) is 0 Å². The summed E-state index contributed by atoms with van der Waals surface area (Å²) < 4.78 is 38.9. The van der Waals surface area contributed by atoms with E-state index in [1.54, 1.807) is 0 Å². The first-order valence-electron chi connectivity index (χ1n) is 4.90. The Morgan fingerprint density at radius 1 is 0.333 bits per heavy atom. The maximum Gasteiger partial charge on any atom is 0.678 e. The molecule has 0 aliphatic rings. The van der Waals surface area contributed by atoms with Crippen molar-refractivity contribution in [1.82, 2.24) is 0 Å². The van der Waals surface area contributed by atoms with Crippen LogP contribution in [0, 0.1) is 0 Å². The Labute approximate surface area is 111 Å². The second kappa shape index (κ2) is 11.0. The van der Waals surface area contributed by atoms with Crippen LogP contribution in [0.1, 0.15) is 0 Å². The van der Waals surface area contributed by atoms with Crippen molar-refractivity contribution < 1.29 is 35.4 Å². The van der Waals surface area contributed by atoms with Crippen molar-refractivity contribution in [2.75, 3.05) is 56.9 Å². The molecule has 0 saturated carbocycles. The van der Waals surface area contributed by atoms with Gasteiger partial charge in [-0.3, -0.25) is 0 Å². The van der Waals surface area contributed by atoms with E-state index in [-0.39, 0.29) is 0 Å². The Kier molecular flexibility index (Phi) is 12.5. The largest absolute Gasteiger partial charge is 0.678 e. The summed E-state index contributed by atoms with van der Waals surface area (Å²) in [5, 5.41) is 0. The molecule has 0 unspecified atom stereocenters. The van der Waals surface area contributed by atoms with Crippen LogP contribution in [0.2, 0.25) is 0 Å². The molecule has 0 aromatic carbocycles. The van der Waals surface area contributed by atoms with Crippen LogP contribution >= 0.6 is 0 Å². The van der Waals surface area contributed by atoms with Crippen LogP contribution in [0.4, 0.5) is 0 Å². The van der Waals surface area contributed by atoms with Gasteiger partial charge in [-0.25, -0.2) is 0 Å². The monoisotopic (exact) mass is 304 g/mol. The minimum Gasteiger partial charge on any atom is -0.355 e. The molecular formula is C8H24O8Si2. The third-order valence-electron chi connectivity index (χ3n) is 2.00. The molecule has 0 aliphatic heterocycles. The van der Waals surface area contributed by atoms with Crippen LogP contribution in [0.25, 0.3) is 0 Å². The van der Waals surface area contributed by atoms with E-state index < -0.39 is 18.1 Å². The van der Waals surface area contributed by atoms with E-state index in [1.807, 2.05) is 0 Å². The fourth-order valence-electron chi connectivity index (χ4n) is 1.00. The molecule has 0 fully saturated rings. The molecule has 0 aliphatic carbocycles. The number of rotatable bonds is 8. The highest BCUT2D eigenvalue weighted by atomic mass is 28.4. The summed E-state index contributed by atoms with van der Waals surface area (Å²) >= 11 is 0. The predicted molar refractivity (Wildman–Crippen MR) is 67.6 cm³/mol. The van der Waals surface area contributed by atoms with Crippen molar-refractivity contribution in [3.8, 4) is 0 Å². The maximum absolute atomic E-state index is 4.86. The lowest BCUT2D eigenvalue weighted by atomic mass is 11.8. The Hall–Kier alpha value is 0.114. The average molecular weight is 304 g/mol. The van der Waals surface area contributed by atoms with Crippen LogP contribution in [0.5, 0.6) is 0 Å². The van der Waals surface area contributed by atoms with Crippen LogP contribution in [0.3, 0.4) is 0 Å². The highest BCUT2D eigenvalue weighted by Crippen LogP contribution is 2.05. The lowest BCUT2D eigenvalue weighted by Gasteiger charge is -2.19. The molecule has 0 rings (SSSR count). The summed E-state index contributed by atoms with van der Waals surface area (Å²) in [6.45, 7) is 0. The average Bonchev–Trinajstić information content (AvgIpc) is 2.46. The standard InChI is InChI=1S/2C4H12O4Si/c2*1-5-9(6-2,7-3)8-4/h2*1-4H3. The summed E-state index contributed by atoms with van der Waals surface area (Å²) in [6.07, 6.45) is 0. The van der Waals surface area contributed by atoms with Gasteiger partial charge in [-0.1, -0.05) is 0 Å². The normalized spacial score (nSPS) is 12.0. The minimum atomic E-state index is -2.69. The van der Waals surface area contributed by atoms with Gasteiger partial charge in [0.05, 0.1) is 0 Å². The quantitative estimate of drug-likeness (QED) is 0.581. The molecule has 0 bridgehead atoms. The van der Waals surface area contributed by atoms with Gasteiger partial charge in [-0.05, 0) is 0 Å². The third-order valence-corrected chi connectivity index (χ3v) is 6.00. The molecule has 0 saturated heterocycles. The first-order chi connectivity index (χ1) is 8.49. The molecule has 10 heteroatoms. The minimum absolute atomic E-state index is 1.49. The lowest BCUT2D eigenvalue weighted by molar-refractivity contribution is 0.0219. The van der Waals surface area contributed by atoms with Gasteiger partial charge in [0.25, 0.3) is 0 Å². The molecular weight excluding hydrogens is 280 g/mol. The summed E-state index contributed by atoms with van der Waals surface area (Å²) in [5.41, 5.74) is 0. The van der Waals surface area contributed by atoms with Crippen molar-refractivity contribution >= 4 is 18.1 Å². The van der Waals surface area contributed by atoms with Crippen molar-refractivity contribution in [2.45, 2.75) is 0 Å². The van der Waals surface area contributed by atoms with Crippen molar-refractivity contribution in [3.05, 3.63) is 0 Å². The molecule has 0 N–H and O–H groups in total. The zero-order valence-corrected chi connectivity index (χ0v) is 14.3. The van der Waals surface area contributed by atoms with Crippen LogP contribution in [0.15, 0.2) is 0 Å². The van der Waals surface area contributed by atoms with E-state index in [1.165, 1.54) is 56.9 Å². The third kappa shape index (κ3) is 6.33. The van der Waals surface area contributed by atoms with E-state index in [0.29, 0.717) is 0 Å². The van der Waals surface area contributed by atoms with Crippen molar-refractivity contribution in [2.24, 2.45) is 0 Å². The maximum atomic E-state index is 4.86.